The van der Waals surface area contributed by atoms with Crippen molar-refractivity contribution in [3.05, 3.63) is 59.4 Å². The van der Waals surface area contributed by atoms with Crippen LogP contribution in [0.1, 0.15) is 21.5 Å². The molecule has 0 atom stereocenters. The molecule has 0 spiro atoms. The van der Waals surface area contributed by atoms with Crippen LogP contribution >= 0.6 is 0 Å². The number of nitrogens with zero attached hydrogens (tertiary/aromatic N) is 2. The van der Waals surface area contributed by atoms with Crippen LogP contribution in [0.2, 0.25) is 0 Å². The maximum Gasteiger partial charge on any atom is 0.259 e. The van der Waals surface area contributed by atoms with Crippen molar-refractivity contribution < 1.29 is 4.79 Å². The van der Waals surface area contributed by atoms with E-state index in [0.29, 0.717) is 11.1 Å². The summed E-state index contributed by atoms with van der Waals surface area (Å²) < 4.78 is 0. The smallest absolute Gasteiger partial charge is 0.259 e. The number of carbonyl (C=O) groups excluding carboxylic acids is 1. The van der Waals surface area contributed by atoms with Crippen LogP contribution in [0.15, 0.2) is 42.7 Å². The fourth-order valence-corrected chi connectivity index (χ4v) is 2.06. The summed E-state index contributed by atoms with van der Waals surface area (Å²) in [5.74, 6) is 5.53. The van der Waals surface area contributed by atoms with Crippen LogP contribution in [0.3, 0.4) is 0 Å². The summed E-state index contributed by atoms with van der Waals surface area (Å²) in [6.45, 7) is 2.22. The van der Waals surface area contributed by atoms with E-state index in [4.69, 9.17) is 5.73 Å². The molecule has 1 amide bonds. The summed E-state index contributed by atoms with van der Waals surface area (Å²) in [7, 11) is 1.76. The molecule has 0 unspecified atom stereocenters. The van der Waals surface area contributed by atoms with Gasteiger partial charge in [-0.2, -0.15) is 0 Å². The highest BCUT2D eigenvalue weighted by Gasteiger charge is 2.17. The first-order chi connectivity index (χ1) is 10.1. The van der Waals surface area contributed by atoms with Gasteiger partial charge >= 0.3 is 0 Å². The first-order valence-electron chi connectivity index (χ1n) is 6.61. The molecular formula is C17H17N3O. The van der Waals surface area contributed by atoms with Gasteiger partial charge in [0.2, 0.25) is 0 Å². The quantitative estimate of drug-likeness (QED) is 0.855. The molecule has 2 aromatic rings. The Morgan fingerprint density at radius 3 is 2.81 bits per heavy atom. The highest BCUT2D eigenvalue weighted by molar-refractivity contribution is 6.07. The second kappa shape index (κ2) is 6.69. The van der Waals surface area contributed by atoms with Crippen LogP contribution in [0.4, 0.5) is 5.69 Å². The van der Waals surface area contributed by atoms with Crippen LogP contribution in [0, 0.1) is 18.8 Å². The van der Waals surface area contributed by atoms with Crippen LogP contribution in [0.5, 0.6) is 0 Å². The van der Waals surface area contributed by atoms with E-state index < -0.39 is 0 Å². The molecule has 2 N–H and O–H groups in total. The van der Waals surface area contributed by atoms with Crippen molar-refractivity contribution in [3.63, 3.8) is 0 Å². The summed E-state index contributed by atoms with van der Waals surface area (Å²) in [5.41, 5.74) is 8.41. The largest absolute Gasteiger partial charge is 0.320 e. The van der Waals surface area contributed by atoms with Crippen molar-refractivity contribution in [2.75, 3.05) is 18.5 Å². The van der Waals surface area contributed by atoms with E-state index in [0.717, 1.165) is 11.3 Å². The second-order valence-corrected chi connectivity index (χ2v) is 4.58. The Morgan fingerprint density at radius 2 is 2.10 bits per heavy atom. The lowest BCUT2D eigenvalue weighted by molar-refractivity contribution is 0.0992. The average molecular weight is 279 g/mol. The van der Waals surface area contributed by atoms with Gasteiger partial charge in [-0.15, -0.1) is 0 Å². The number of anilines is 1. The van der Waals surface area contributed by atoms with E-state index in [-0.39, 0.29) is 12.5 Å². The molecule has 0 radical (unpaired) electrons. The van der Waals surface area contributed by atoms with E-state index in [2.05, 4.69) is 16.8 Å². The fourth-order valence-electron chi connectivity index (χ4n) is 2.06. The van der Waals surface area contributed by atoms with Gasteiger partial charge < -0.3 is 10.6 Å². The Kier molecular flexibility index (Phi) is 4.70. The van der Waals surface area contributed by atoms with Crippen molar-refractivity contribution in [1.29, 1.82) is 0 Å². The van der Waals surface area contributed by atoms with E-state index in [1.165, 1.54) is 0 Å². The zero-order chi connectivity index (χ0) is 15.2. The number of para-hydroxylation sites is 1. The third kappa shape index (κ3) is 3.28. The normalized spacial score (nSPS) is 9.67. The standard InChI is InChI=1S/C17H17N3O/c1-13-6-3-4-8-16(13)20(2)17(21)15-9-11-19-12-14(15)7-5-10-18/h3-4,6,8-9,11-12H,10,18H2,1-2H3. The number of rotatable bonds is 2. The monoisotopic (exact) mass is 279 g/mol. The summed E-state index contributed by atoms with van der Waals surface area (Å²) in [4.78, 5) is 18.3. The Hall–Kier alpha value is -2.64. The van der Waals surface area contributed by atoms with Crippen molar-refractivity contribution in [3.8, 4) is 11.8 Å². The van der Waals surface area contributed by atoms with Crippen LogP contribution in [-0.2, 0) is 0 Å². The number of aromatic nitrogens is 1. The Morgan fingerprint density at radius 1 is 1.33 bits per heavy atom. The van der Waals surface area contributed by atoms with Gasteiger partial charge in [0, 0.05) is 25.1 Å². The Bertz CT molecular complexity index is 713. The molecule has 21 heavy (non-hydrogen) atoms. The molecule has 1 aromatic heterocycles. The molecule has 1 heterocycles. The highest BCUT2D eigenvalue weighted by Crippen LogP contribution is 2.20. The Labute approximate surface area is 124 Å². The summed E-state index contributed by atoms with van der Waals surface area (Å²) in [6, 6.07) is 9.42. The molecule has 0 aliphatic rings. The van der Waals surface area contributed by atoms with Crippen molar-refractivity contribution in [2.45, 2.75) is 6.92 Å². The molecule has 0 bridgehead atoms. The molecule has 0 aliphatic heterocycles. The maximum atomic E-state index is 12.7. The molecule has 0 saturated carbocycles. The number of pyridine rings is 1. The van der Waals surface area contributed by atoms with Gasteiger partial charge in [0.15, 0.2) is 0 Å². The fraction of sp³-hybridized carbons (Fsp3) is 0.176. The topological polar surface area (TPSA) is 59.2 Å². The van der Waals surface area contributed by atoms with Crippen LogP contribution < -0.4 is 10.6 Å². The number of amides is 1. The summed E-state index contributed by atoms with van der Waals surface area (Å²) >= 11 is 0. The SMILES string of the molecule is Cc1ccccc1N(C)C(=O)c1ccncc1C#CCN. The number of aryl methyl sites for hydroxylation is 1. The van der Waals surface area contributed by atoms with Gasteiger partial charge in [0.25, 0.3) is 5.91 Å². The van der Waals surface area contributed by atoms with E-state index >= 15 is 0 Å². The van der Waals surface area contributed by atoms with Crippen molar-refractivity contribution in [2.24, 2.45) is 5.73 Å². The van der Waals surface area contributed by atoms with Crippen LogP contribution in [0.25, 0.3) is 0 Å². The summed E-state index contributed by atoms with van der Waals surface area (Å²) in [5, 5.41) is 0. The number of hydrogen-bond donors (Lipinski definition) is 1. The molecular weight excluding hydrogens is 262 g/mol. The number of carbonyl (C=O) groups is 1. The average Bonchev–Trinajstić information content (AvgIpc) is 2.52. The second-order valence-electron chi connectivity index (χ2n) is 4.58. The lowest BCUT2D eigenvalue weighted by Crippen LogP contribution is -2.27. The third-order valence-electron chi connectivity index (χ3n) is 3.16. The van der Waals surface area contributed by atoms with Gasteiger partial charge in [-0.3, -0.25) is 9.78 Å². The molecule has 4 nitrogen and oxygen atoms in total. The highest BCUT2D eigenvalue weighted by atomic mass is 16.2. The van der Waals surface area contributed by atoms with E-state index in [9.17, 15) is 4.79 Å². The molecule has 4 heteroatoms. The molecule has 0 fully saturated rings. The first-order valence-corrected chi connectivity index (χ1v) is 6.61. The van der Waals surface area contributed by atoms with Gasteiger partial charge in [-0.25, -0.2) is 0 Å². The molecule has 106 valence electrons. The third-order valence-corrected chi connectivity index (χ3v) is 3.16. The minimum Gasteiger partial charge on any atom is -0.320 e. The molecule has 1 aromatic carbocycles. The van der Waals surface area contributed by atoms with Crippen LogP contribution in [-0.4, -0.2) is 24.5 Å². The van der Waals surface area contributed by atoms with Gasteiger partial charge in [0.1, 0.15) is 0 Å². The van der Waals surface area contributed by atoms with E-state index in [1.807, 2.05) is 31.2 Å². The zero-order valence-corrected chi connectivity index (χ0v) is 12.1. The van der Waals surface area contributed by atoms with E-state index in [1.54, 1.807) is 30.4 Å². The molecule has 0 saturated heterocycles. The zero-order valence-electron chi connectivity index (χ0n) is 12.1. The van der Waals surface area contributed by atoms with Gasteiger partial charge in [-0.05, 0) is 24.6 Å². The minimum atomic E-state index is -0.118. The van der Waals surface area contributed by atoms with Gasteiger partial charge in [0.05, 0.1) is 17.7 Å². The number of benzene rings is 1. The first kappa shape index (κ1) is 14.8. The Balaban J connectivity index is 2.39. The summed E-state index contributed by atoms with van der Waals surface area (Å²) in [6.07, 6.45) is 3.17. The predicted octanol–water partition coefficient (Wildman–Crippen LogP) is 1.98. The van der Waals surface area contributed by atoms with Gasteiger partial charge in [-0.1, -0.05) is 30.0 Å². The van der Waals surface area contributed by atoms with Crippen molar-refractivity contribution in [1.82, 2.24) is 4.98 Å². The molecule has 0 aliphatic carbocycles. The number of nitrogens with two attached hydrogens (primary N) is 1. The minimum absolute atomic E-state index is 0.118. The lowest BCUT2D eigenvalue weighted by atomic mass is 10.1. The predicted molar refractivity (Wildman–Crippen MR) is 84.1 cm³/mol. The maximum absolute atomic E-state index is 12.7. The van der Waals surface area contributed by atoms with Crippen molar-refractivity contribution >= 4 is 11.6 Å². The lowest BCUT2D eigenvalue weighted by Gasteiger charge is -2.20. The number of hydrogen-bond acceptors (Lipinski definition) is 3. The molecule has 2 rings (SSSR count).